The first-order valence-corrected chi connectivity index (χ1v) is 6.44. The zero-order valence-corrected chi connectivity index (χ0v) is 10.7. The van der Waals surface area contributed by atoms with Crippen molar-refractivity contribution < 1.29 is 4.39 Å². The molecule has 1 heterocycles. The van der Waals surface area contributed by atoms with Gasteiger partial charge in [-0.15, -0.1) is 11.3 Å². The van der Waals surface area contributed by atoms with Crippen LogP contribution in [-0.4, -0.2) is 4.98 Å². The van der Waals surface area contributed by atoms with Gasteiger partial charge in [0.25, 0.3) is 0 Å². The lowest BCUT2D eigenvalue weighted by Crippen LogP contribution is -1.90. The van der Waals surface area contributed by atoms with Gasteiger partial charge in [0.1, 0.15) is 10.8 Å². The number of hydrogen-bond acceptors (Lipinski definition) is 3. The first-order chi connectivity index (χ1) is 8.63. The fourth-order valence-electron chi connectivity index (χ4n) is 1.68. The first-order valence-electron chi connectivity index (χ1n) is 5.25. The minimum absolute atomic E-state index is 0.142. The van der Waals surface area contributed by atoms with Crippen LogP contribution in [0.1, 0.15) is 0 Å². The molecule has 90 valence electrons. The molecule has 2 aromatic carbocycles. The van der Waals surface area contributed by atoms with E-state index in [2.05, 4.69) is 4.98 Å². The zero-order chi connectivity index (χ0) is 12.7. The normalized spacial score (nSPS) is 11.0. The smallest absolute Gasteiger partial charge is 0.146 e. The highest BCUT2D eigenvalue weighted by molar-refractivity contribution is 7.21. The van der Waals surface area contributed by atoms with Crippen molar-refractivity contribution in [3.63, 3.8) is 0 Å². The summed E-state index contributed by atoms with van der Waals surface area (Å²) in [6.45, 7) is 0. The molecule has 3 aromatic rings. The second kappa shape index (κ2) is 4.23. The Morgan fingerprint density at radius 3 is 2.78 bits per heavy atom. The molecule has 2 nitrogen and oxygen atoms in total. The van der Waals surface area contributed by atoms with E-state index in [9.17, 15) is 4.39 Å². The van der Waals surface area contributed by atoms with E-state index in [1.807, 2.05) is 12.1 Å². The lowest BCUT2D eigenvalue weighted by molar-refractivity contribution is 0.633. The summed E-state index contributed by atoms with van der Waals surface area (Å²) in [4.78, 5) is 4.45. The molecule has 18 heavy (non-hydrogen) atoms. The molecular weight excluding hydrogens is 271 g/mol. The standard InChI is InChI=1S/C13H8ClFN2S/c14-8-2-4-11-12(6-8)18-13(17-11)7-1-3-10(16)9(15)5-7/h1-6H,16H2. The fourth-order valence-corrected chi connectivity index (χ4v) is 2.92. The molecule has 0 radical (unpaired) electrons. The number of anilines is 1. The van der Waals surface area contributed by atoms with Gasteiger partial charge < -0.3 is 5.73 Å². The van der Waals surface area contributed by atoms with Gasteiger partial charge in [-0.1, -0.05) is 11.6 Å². The molecule has 1 aromatic heterocycles. The maximum Gasteiger partial charge on any atom is 0.146 e. The molecule has 5 heteroatoms. The van der Waals surface area contributed by atoms with Crippen molar-refractivity contribution in [2.75, 3.05) is 5.73 Å². The summed E-state index contributed by atoms with van der Waals surface area (Å²) in [6, 6.07) is 10.2. The summed E-state index contributed by atoms with van der Waals surface area (Å²) < 4.78 is 14.4. The summed E-state index contributed by atoms with van der Waals surface area (Å²) >= 11 is 7.40. The van der Waals surface area contributed by atoms with Crippen LogP contribution in [0.3, 0.4) is 0 Å². The van der Waals surface area contributed by atoms with E-state index in [0.717, 1.165) is 20.8 Å². The van der Waals surface area contributed by atoms with Gasteiger partial charge in [0.2, 0.25) is 0 Å². The van der Waals surface area contributed by atoms with Crippen molar-refractivity contribution in [3.05, 3.63) is 47.2 Å². The summed E-state index contributed by atoms with van der Waals surface area (Å²) in [5.41, 5.74) is 7.17. The van der Waals surface area contributed by atoms with Gasteiger partial charge in [-0.2, -0.15) is 0 Å². The molecule has 0 aliphatic carbocycles. The van der Waals surface area contributed by atoms with Gasteiger partial charge in [-0.3, -0.25) is 0 Å². The molecule has 0 fully saturated rings. The average Bonchev–Trinajstić information content (AvgIpc) is 2.75. The topological polar surface area (TPSA) is 38.9 Å². The third-order valence-corrected chi connectivity index (χ3v) is 3.90. The van der Waals surface area contributed by atoms with Crippen molar-refractivity contribution in [1.29, 1.82) is 0 Å². The second-order valence-corrected chi connectivity index (χ2v) is 5.33. The minimum Gasteiger partial charge on any atom is -0.396 e. The third-order valence-electron chi connectivity index (χ3n) is 2.60. The number of nitrogens with two attached hydrogens (primary N) is 1. The van der Waals surface area contributed by atoms with Crippen LogP contribution in [0.2, 0.25) is 5.02 Å². The number of thiazole rings is 1. The van der Waals surface area contributed by atoms with Gasteiger partial charge in [-0.25, -0.2) is 9.37 Å². The second-order valence-electron chi connectivity index (χ2n) is 3.87. The minimum atomic E-state index is -0.426. The summed E-state index contributed by atoms with van der Waals surface area (Å²) in [6.07, 6.45) is 0. The van der Waals surface area contributed by atoms with Gasteiger partial charge >= 0.3 is 0 Å². The SMILES string of the molecule is Nc1ccc(-c2nc3ccc(Cl)cc3s2)cc1F. The zero-order valence-electron chi connectivity index (χ0n) is 9.15. The molecule has 0 spiro atoms. The van der Waals surface area contributed by atoms with Crippen molar-refractivity contribution in [3.8, 4) is 10.6 Å². The number of hydrogen-bond donors (Lipinski definition) is 1. The molecule has 0 aliphatic heterocycles. The van der Waals surface area contributed by atoms with E-state index >= 15 is 0 Å². The monoisotopic (exact) mass is 278 g/mol. The van der Waals surface area contributed by atoms with E-state index in [1.54, 1.807) is 18.2 Å². The number of nitrogens with zero attached hydrogens (tertiary/aromatic N) is 1. The highest BCUT2D eigenvalue weighted by atomic mass is 35.5. The highest BCUT2D eigenvalue weighted by Gasteiger charge is 2.08. The Bertz CT molecular complexity index is 739. The average molecular weight is 279 g/mol. The van der Waals surface area contributed by atoms with Crippen molar-refractivity contribution in [2.45, 2.75) is 0 Å². The van der Waals surface area contributed by atoms with Crippen LogP contribution in [0.4, 0.5) is 10.1 Å². The lowest BCUT2D eigenvalue weighted by Gasteiger charge is -1.98. The van der Waals surface area contributed by atoms with Crippen LogP contribution in [-0.2, 0) is 0 Å². The fraction of sp³-hybridized carbons (Fsp3) is 0. The Morgan fingerprint density at radius 2 is 2.00 bits per heavy atom. The van der Waals surface area contributed by atoms with Gasteiger partial charge in [0, 0.05) is 10.6 Å². The Kier molecular flexibility index (Phi) is 2.69. The first kappa shape index (κ1) is 11.4. The van der Waals surface area contributed by atoms with Crippen LogP contribution in [0.25, 0.3) is 20.8 Å². The maximum absolute atomic E-state index is 13.4. The van der Waals surface area contributed by atoms with Crippen LogP contribution >= 0.6 is 22.9 Å². The Hall–Kier alpha value is -1.65. The van der Waals surface area contributed by atoms with Gasteiger partial charge in [-0.05, 0) is 36.4 Å². The highest BCUT2D eigenvalue weighted by Crippen LogP contribution is 2.32. The molecule has 0 saturated heterocycles. The molecule has 2 N–H and O–H groups in total. The molecule has 0 bridgehead atoms. The quantitative estimate of drug-likeness (QED) is 0.673. The number of nitrogen functional groups attached to an aromatic ring is 1. The predicted octanol–water partition coefficient (Wildman–Crippen LogP) is 4.34. The van der Waals surface area contributed by atoms with Crippen LogP contribution in [0.15, 0.2) is 36.4 Å². The number of halogens is 2. The molecule has 0 aliphatic rings. The van der Waals surface area contributed by atoms with Crippen LogP contribution < -0.4 is 5.73 Å². The molecule has 0 unspecified atom stereocenters. The Morgan fingerprint density at radius 1 is 1.17 bits per heavy atom. The Labute approximate surface area is 112 Å². The van der Waals surface area contributed by atoms with E-state index in [-0.39, 0.29) is 5.69 Å². The van der Waals surface area contributed by atoms with Crippen molar-refractivity contribution in [1.82, 2.24) is 4.98 Å². The molecular formula is C13H8ClFN2S. The predicted molar refractivity (Wildman–Crippen MR) is 74.4 cm³/mol. The Balaban J connectivity index is 2.16. The third kappa shape index (κ3) is 1.94. The molecule has 3 rings (SSSR count). The van der Waals surface area contributed by atoms with Crippen LogP contribution in [0, 0.1) is 5.82 Å². The summed E-state index contributed by atoms with van der Waals surface area (Å²) in [7, 11) is 0. The van der Waals surface area contributed by atoms with Gasteiger partial charge in [0.15, 0.2) is 0 Å². The number of aromatic nitrogens is 1. The number of rotatable bonds is 1. The van der Waals surface area contributed by atoms with Crippen molar-refractivity contribution in [2.24, 2.45) is 0 Å². The summed E-state index contributed by atoms with van der Waals surface area (Å²) in [5, 5.41) is 1.42. The molecule has 0 saturated carbocycles. The lowest BCUT2D eigenvalue weighted by atomic mass is 10.2. The number of benzene rings is 2. The van der Waals surface area contributed by atoms with E-state index < -0.39 is 5.82 Å². The van der Waals surface area contributed by atoms with E-state index in [1.165, 1.54) is 17.4 Å². The largest absolute Gasteiger partial charge is 0.396 e. The molecule has 0 atom stereocenters. The van der Waals surface area contributed by atoms with Crippen molar-refractivity contribution >= 4 is 38.8 Å². The van der Waals surface area contributed by atoms with E-state index in [4.69, 9.17) is 17.3 Å². The number of fused-ring (bicyclic) bond motifs is 1. The van der Waals surface area contributed by atoms with Gasteiger partial charge in [0.05, 0.1) is 15.9 Å². The molecule has 0 amide bonds. The maximum atomic E-state index is 13.4. The van der Waals surface area contributed by atoms with E-state index in [0.29, 0.717) is 5.02 Å². The van der Waals surface area contributed by atoms with Crippen LogP contribution in [0.5, 0.6) is 0 Å². The summed E-state index contributed by atoms with van der Waals surface area (Å²) in [5.74, 6) is -0.426.